The number of hydrogen-bond acceptors (Lipinski definition) is 5. The van der Waals surface area contributed by atoms with Gasteiger partial charge in [-0.15, -0.1) is 0 Å². The van der Waals surface area contributed by atoms with E-state index in [2.05, 4.69) is 25.5 Å². The van der Waals surface area contributed by atoms with E-state index in [1.165, 1.54) is 0 Å². The molecule has 24 heavy (non-hydrogen) atoms. The Balaban J connectivity index is 1.70. The lowest BCUT2D eigenvalue weighted by Gasteiger charge is -2.35. The summed E-state index contributed by atoms with van der Waals surface area (Å²) in [6, 6.07) is 1.77. The molecule has 1 saturated heterocycles. The van der Waals surface area contributed by atoms with Crippen LogP contribution in [0.1, 0.15) is 27.9 Å². The Morgan fingerprint density at radius 2 is 2.25 bits per heavy atom. The summed E-state index contributed by atoms with van der Waals surface area (Å²) in [5.74, 6) is 0.851. The van der Waals surface area contributed by atoms with Crippen molar-refractivity contribution < 1.29 is 4.79 Å². The van der Waals surface area contributed by atoms with Gasteiger partial charge in [0.1, 0.15) is 11.9 Å². The van der Waals surface area contributed by atoms with Crippen molar-refractivity contribution in [3.8, 4) is 0 Å². The number of aryl methyl sites for hydroxylation is 2. The third-order valence-corrected chi connectivity index (χ3v) is 4.51. The molecule has 0 radical (unpaired) electrons. The van der Waals surface area contributed by atoms with E-state index in [1.54, 1.807) is 12.4 Å². The van der Waals surface area contributed by atoms with Crippen LogP contribution in [0.25, 0.3) is 11.0 Å². The van der Waals surface area contributed by atoms with E-state index < -0.39 is 0 Å². The summed E-state index contributed by atoms with van der Waals surface area (Å²) < 4.78 is 1.96. The van der Waals surface area contributed by atoms with Crippen LogP contribution >= 0.6 is 0 Å². The number of aromatic amines is 1. The van der Waals surface area contributed by atoms with Crippen molar-refractivity contribution in [1.29, 1.82) is 0 Å². The maximum Gasteiger partial charge on any atom is 0.256 e. The molecule has 1 amide bonds. The highest BCUT2D eigenvalue weighted by atomic mass is 16.2. The van der Waals surface area contributed by atoms with Crippen LogP contribution in [0.2, 0.25) is 0 Å². The van der Waals surface area contributed by atoms with E-state index in [1.807, 2.05) is 35.7 Å². The molecule has 3 aromatic rings. The molecule has 0 aliphatic carbocycles. The molecule has 8 nitrogen and oxygen atoms in total. The maximum atomic E-state index is 13.1. The van der Waals surface area contributed by atoms with Crippen LogP contribution < -0.4 is 5.32 Å². The predicted molar refractivity (Wildman–Crippen MR) is 88.5 cm³/mol. The fraction of sp³-hybridized carbons (Fsp3) is 0.375. The summed E-state index contributed by atoms with van der Waals surface area (Å²) in [6.07, 6.45) is 5.26. The molecular formula is C16H19N7O. The van der Waals surface area contributed by atoms with Crippen LogP contribution in [-0.2, 0) is 7.05 Å². The Morgan fingerprint density at radius 3 is 3.04 bits per heavy atom. The van der Waals surface area contributed by atoms with Crippen LogP contribution in [0.3, 0.4) is 0 Å². The molecule has 2 N–H and O–H groups in total. The van der Waals surface area contributed by atoms with Crippen LogP contribution in [0.15, 0.2) is 24.7 Å². The minimum absolute atomic E-state index is 0.0282. The SMILES string of the molecule is Cc1[nH]nc2ncc(C(=O)N3CCNCC3c3nccn3C)cc12. The molecular weight excluding hydrogens is 306 g/mol. The van der Waals surface area contributed by atoms with Crippen molar-refractivity contribution in [3.63, 3.8) is 0 Å². The summed E-state index contributed by atoms with van der Waals surface area (Å²) in [6.45, 7) is 4.02. The predicted octanol–water partition coefficient (Wildman–Crippen LogP) is 0.787. The Hall–Kier alpha value is -2.74. The number of pyridine rings is 1. The largest absolute Gasteiger partial charge is 0.336 e. The highest BCUT2D eigenvalue weighted by Crippen LogP contribution is 2.24. The molecule has 124 valence electrons. The van der Waals surface area contributed by atoms with Gasteiger partial charge < -0.3 is 14.8 Å². The lowest BCUT2D eigenvalue weighted by atomic mass is 10.1. The molecule has 4 rings (SSSR count). The van der Waals surface area contributed by atoms with Crippen LogP contribution in [0.5, 0.6) is 0 Å². The van der Waals surface area contributed by atoms with E-state index in [4.69, 9.17) is 0 Å². The number of carbonyl (C=O) groups is 1. The smallest absolute Gasteiger partial charge is 0.256 e. The van der Waals surface area contributed by atoms with Gasteiger partial charge in [0.25, 0.3) is 5.91 Å². The number of H-pyrrole nitrogens is 1. The second kappa shape index (κ2) is 5.72. The normalized spacial score (nSPS) is 18.2. The fourth-order valence-corrected chi connectivity index (χ4v) is 3.18. The number of nitrogens with zero attached hydrogens (tertiary/aromatic N) is 5. The average molecular weight is 325 g/mol. The van der Waals surface area contributed by atoms with Crippen molar-refractivity contribution in [3.05, 3.63) is 41.7 Å². The molecule has 1 atom stereocenters. The van der Waals surface area contributed by atoms with E-state index in [-0.39, 0.29) is 11.9 Å². The van der Waals surface area contributed by atoms with E-state index in [0.717, 1.165) is 23.4 Å². The first-order valence-corrected chi connectivity index (χ1v) is 7.95. The maximum absolute atomic E-state index is 13.1. The zero-order valence-electron chi connectivity index (χ0n) is 13.7. The summed E-state index contributed by atoms with van der Waals surface area (Å²) in [5, 5.41) is 11.2. The van der Waals surface area contributed by atoms with Gasteiger partial charge in [-0.05, 0) is 13.0 Å². The van der Waals surface area contributed by atoms with Gasteiger partial charge in [-0.1, -0.05) is 0 Å². The summed E-state index contributed by atoms with van der Waals surface area (Å²) >= 11 is 0. The van der Waals surface area contributed by atoms with Gasteiger partial charge in [0, 0.05) is 56.4 Å². The lowest BCUT2D eigenvalue weighted by Crippen LogP contribution is -2.49. The molecule has 8 heteroatoms. The van der Waals surface area contributed by atoms with Crippen LogP contribution in [0.4, 0.5) is 0 Å². The number of piperazine rings is 1. The highest BCUT2D eigenvalue weighted by molar-refractivity contribution is 5.97. The quantitative estimate of drug-likeness (QED) is 0.727. The van der Waals surface area contributed by atoms with Gasteiger partial charge in [-0.25, -0.2) is 9.97 Å². The number of rotatable bonds is 2. The molecule has 1 unspecified atom stereocenters. The number of fused-ring (bicyclic) bond motifs is 1. The molecule has 0 saturated carbocycles. The molecule has 1 aliphatic heterocycles. The lowest BCUT2D eigenvalue weighted by molar-refractivity contribution is 0.0620. The minimum atomic E-state index is -0.0904. The molecule has 1 aliphatic rings. The highest BCUT2D eigenvalue weighted by Gasteiger charge is 2.31. The average Bonchev–Trinajstić information content (AvgIpc) is 3.20. The van der Waals surface area contributed by atoms with Crippen LogP contribution in [0, 0.1) is 6.92 Å². The second-order valence-corrected chi connectivity index (χ2v) is 6.06. The van der Waals surface area contributed by atoms with E-state index in [0.29, 0.717) is 24.3 Å². The number of hydrogen-bond donors (Lipinski definition) is 2. The van der Waals surface area contributed by atoms with Gasteiger partial charge >= 0.3 is 0 Å². The molecule has 3 aromatic heterocycles. The van der Waals surface area contributed by atoms with Gasteiger partial charge in [-0.2, -0.15) is 5.10 Å². The van der Waals surface area contributed by atoms with Crippen molar-refractivity contribution in [2.24, 2.45) is 7.05 Å². The van der Waals surface area contributed by atoms with Crippen molar-refractivity contribution >= 4 is 16.9 Å². The third-order valence-electron chi connectivity index (χ3n) is 4.51. The van der Waals surface area contributed by atoms with Crippen molar-refractivity contribution in [2.45, 2.75) is 13.0 Å². The summed E-state index contributed by atoms with van der Waals surface area (Å²) in [5.41, 5.74) is 2.12. The molecule has 4 heterocycles. The monoisotopic (exact) mass is 325 g/mol. The first-order chi connectivity index (χ1) is 11.6. The van der Waals surface area contributed by atoms with E-state index >= 15 is 0 Å². The Kier molecular flexibility index (Phi) is 3.53. The van der Waals surface area contributed by atoms with Crippen molar-refractivity contribution in [1.82, 2.24) is 34.9 Å². The first kappa shape index (κ1) is 14.8. The van der Waals surface area contributed by atoms with E-state index in [9.17, 15) is 4.79 Å². The second-order valence-electron chi connectivity index (χ2n) is 6.06. The number of aromatic nitrogens is 5. The van der Waals surface area contributed by atoms with Gasteiger partial charge in [0.05, 0.1) is 5.56 Å². The zero-order valence-corrected chi connectivity index (χ0v) is 13.7. The Morgan fingerprint density at radius 1 is 1.38 bits per heavy atom. The number of amides is 1. The van der Waals surface area contributed by atoms with Gasteiger partial charge in [-0.3, -0.25) is 9.89 Å². The third kappa shape index (κ3) is 2.35. The molecule has 0 spiro atoms. The topological polar surface area (TPSA) is 91.7 Å². The molecule has 0 aromatic carbocycles. The first-order valence-electron chi connectivity index (χ1n) is 7.95. The fourth-order valence-electron chi connectivity index (χ4n) is 3.18. The van der Waals surface area contributed by atoms with Gasteiger partial charge in [0.15, 0.2) is 5.65 Å². The Labute approximate surface area is 138 Å². The standard InChI is InChI=1S/C16H19N7O/c1-10-12-7-11(8-19-14(12)21-20-10)16(24)23-6-3-17-9-13(23)15-18-4-5-22(15)2/h4-5,7-8,13,17H,3,6,9H2,1-2H3,(H,19,20,21). The van der Waals surface area contributed by atoms with Crippen LogP contribution in [-0.4, -0.2) is 55.2 Å². The van der Waals surface area contributed by atoms with Crippen molar-refractivity contribution in [2.75, 3.05) is 19.6 Å². The minimum Gasteiger partial charge on any atom is -0.336 e. The number of imidazole rings is 1. The van der Waals surface area contributed by atoms with Gasteiger partial charge in [0.2, 0.25) is 0 Å². The number of carbonyl (C=O) groups excluding carboxylic acids is 1. The molecule has 1 fully saturated rings. The zero-order chi connectivity index (χ0) is 16.7. The summed E-state index contributed by atoms with van der Waals surface area (Å²) in [4.78, 5) is 23.7. The summed E-state index contributed by atoms with van der Waals surface area (Å²) in [7, 11) is 1.95. The molecule has 0 bridgehead atoms. The Bertz CT molecular complexity index is 897. The number of nitrogens with one attached hydrogen (secondary N) is 2.